The number of para-hydroxylation sites is 2. The third-order valence-electron chi connectivity index (χ3n) is 10.0. The molecule has 0 atom stereocenters. The first-order valence-electron chi connectivity index (χ1n) is 15.9. The maximum Gasteiger partial charge on any atom is 0.137 e. The smallest absolute Gasteiger partial charge is 0.137 e. The van der Waals surface area contributed by atoms with Crippen LogP contribution >= 0.6 is 0 Å². The van der Waals surface area contributed by atoms with E-state index in [1.807, 2.05) is 24.3 Å². The Morgan fingerprint density at radius 2 is 1.09 bits per heavy atom. The number of hydrogen-bond acceptors (Lipinski definition) is 3. The minimum absolute atomic E-state index is 0.116. The lowest BCUT2D eigenvalue weighted by atomic mass is 9.82. The van der Waals surface area contributed by atoms with Crippen molar-refractivity contribution in [1.82, 2.24) is 0 Å². The van der Waals surface area contributed by atoms with E-state index in [9.17, 15) is 0 Å². The Morgan fingerprint density at radius 1 is 0.457 bits per heavy atom. The molecule has 0 saturated heterocycles. The molecule has 0 unspecified atom stereocenters. The van der Waals surface area contributed by atoms with Crippen LogP contribution in [0.5, 0.6) is 0 Å². The summed E-state index contributed by atoms with van der Waals surface area (Å²) < 4.78 is 12.8. The van der Waals surface area contributed by atoms with Crippen LogP contribution in [0.3, 0.4) is 0 Å². The molecular weight excluding hydrogens is 562 g/mol. The summed E-state index contributed by atoms with van der Waals surface area (Å²) >= 11 is 0. The van der Waals surface area contributed by atoms with Crippen molar-refractivity contribution in [2.75, 3.05) is 4.90 Å². The van der Waals surface area contributed by atoms with Crippen LogP contribution in [0, 0.1) is 0 Å². The topological polar surface area (TPSA) is 29.5 Å². The second-order valence-electron chi connectivity index (χ2n) is 12.9. The molecule has 1 aliphatic rings. The molecule has 218 valence electrons. The van der Waals surface area contributed by atoms with Crippen LogP contribution < -0.4 is 4.90 Å². The van der Waals surface area contributed by atoms with Crippen molar-refractivity contribution in [2.45, 2.75) is 19.3 Å². The lowest BCUT2D eigenvalue weighted by Gasteiger charge is -2.29. The molecule has 3 nitrogen and oxygen atoms in total. The van der Waals surface area contributed by atoms with Gasteiger partial charge >= 0.3 is 0 Å². The van der Waals surface area contributed by atoms with Crippen LogP contribution in [0.2, 0.25) is 0 Å². The van der Waals surface area contributed by atoms with E-state index in [4.69, 9.17) is 8.83 Å². The molecule has 1 aliphatic carbocycles. The molecule has 0 radical (unpaired) electrons. The van der Waals surface area contributed by atoms with Gasteiger partial charge in [-0.3, -0.25) is 0 Å². The molecule has 3 heteroatoms. The Kier molecular flexibility index (Phi) is 5.06. The summed E-state index contributed by atoms with van der Waals surface area (Å²) in [6.45, 7) is 4.67. The van der Waals surface area contributed by atoms with Gasteiger partial charge in [0.1, 0.15) is 22.3 Å². The average Bonchev–Trinajstić information content (AvgIpc) is 3.72. The van der Waals surface area contributed by atoms with E-state index < -0.39 is 0 Å². The van der Waals surface area contributed by atoms with Gasteiger partial charge in [-0.2, -0.15) is 0 Å². The zero-order valence-electron chi connectivity index (χ0n) is 25.5. The lowest BCUT2D eigenvalue weighted by molar-refractivity contribution is 0.660. The van der Waals surface area contributed by atoms with Crippen LogP contribution in [0.15, 0.2) is 148 Å². The van der Waals surface area contributed by atoms with Gasteiger partial charge in [-0.1, -0.05) is 98.8 Å². The standard InChI is InChI=1S/C43H29NO2/c1-43(2)34-15-6-3-14-31(34)42-35(43)16-10-18-37(42)44(27-21-22-30-28-12-4-7-19-38(28)45-40(30)24-27)36-17-9-11-26-23-33-29-13-5-8-20-39(29)46-41(33)25-32(26)36/h3-25H,1-2H3. The quantitative estimate of drug-likeness (QED) is 0.205. The number of fused-ring (bicyclic) bond motifs is 10. The van der Waals surface area contributed by atoms with Gasteiger partial charge in [-0.25, -0.2) is 0 Å². The van der Waals surface area contributed by atoms with Crippen LogP contribution in [-0.2, 0) is 5.41 Å². The zero-order chi connectivity index (χ0) is 30.6. The monoisotopic (exact) mass is 591 g/mol. The fourth-order valence-corrected chi connectivity index (χ4v) is 7.86. The molecule has 0 saturated carbocycles. The van der Waals surface area contributed by atoms with Gasteiger partial charge in [0, 0.05) is 49.7 Å². The maximum atomic E-state index is 6.43. The summed E-state index contributed by atoms with van der Waals surface area (Å²) in [5.74, 6) is 0. The molecule has 46 heavy (non-hydrogen) atoms. The Morgan fingerprint density at radius 3 is 1.91 bits per heavy atom. The summed E-state index contributed by atoms with van der Waals surface area (Å²) in [7, 11) is 0. The minimum atomic E-state index is -0.116. The van der Waals surface area contributed by atoms with Gasteiger partial charge in [-0.15, -0.1) is 0 Å². The fraction of sp³-hybridized carbons (Fsp3) is 0.0698. The number of rotatable bonds is 3. The van der Waals surface area contributed by atoms with E-state index >= 15 is 0 Å². The predicted octanol–water partition coefficient (Wildman–Crippen LogP) is 12.4. The van der Waals surface area contributed by atoms with E-state index in [-0.39, 0.29) is 5.41 Å². The molecule has 0 spiro atoms. The van der Waals surface area contributed by atoms with Gasteiger partial charge in [0.15, 0.2) is 0 Å². The van der Waals surface area contributed by atoms with E-state index in [2.05, 4.69) is 134 Å². The van der Waals surface area contributed by atoms with E-state index in [1.54, 1.807) is 0 Å². The van der Waals surface area contributed by atoms with Crippen molar-refractivity contribution in [3.05, 3.63) is 151 Å². The lowest BCUT2D eigenvalue weighted by Crippen LogP contribution is -2.16. The minimum Gasteiger partial charge on any atom is -0.456 e. The van der Waals surface area contributed by atoms with Crippen molar-refractivity contribution < 1.29 is 8.83 Å². The second-order valence-corrected chi connectivity index (χ2v) is 12.9. The summed E-state index contributed by atoms with van der Waals surface area (Å²) in [6.07, 6.45) is 0. The summed E-state index contributed by atoms with van der Waals surface area (Å²) in [6, 6.07) is 49.9. The van der Waals surface area contributed by atoms with Crippen molar-refractivity contribution >= 4 is 71.7 Å². The van der Waals surface area contributed by atoms with Gasteiger partial charge in [0.25, 0.3) is 0 Å². The van der Waals surface area contributed by atoms with Crippen molar-refractivity contribution in [3.63, 3.8) is 0 Å². The summed E-state index contributed by atoms with van der Waals surface area (Å²) in [5, 5.41) is 6.81. The Bertz CT molecular complexity index is 2690. The predicted molar refractivity (Wildman–Crippen MR) is 191 cm³/mol. The average molecular weight is 592 g/mol. The first-order valence-corrected chi connectivity index (χ1v) is 15.9. The van der Waals surface area contributed by atoms with Gasteiger partial charge in [-0.05, 0) is 70.6 Å². The highest BCUT2D eigenvalue weighted by Gasteiger charge is 2.38. The maximum absolute atomic E-state index is 6.43. The third kappa shape index (κ3) is 3.43. The molecule has 7 aromatic carbocycles. The highest BCUT2D eigenvalue weighted by atomic mass is 16.3. The van der Waals surface area contributed by atoms with Crippen molar-refractivity contribution in [1.29, 1.82) is 0 Å². The number of benzene rings is 7. The summed E-state index contributed by atoms with van der Waals surface area (Å²) in [5.41, 5.74) is 12.0. The Labute approximate surface area is 265 Å². The Hall–Kier alpha value is -5.80. The molecule has 10 rings (SSSR count). The highest BCUT2D eigenvalue weighted by molar-refractivity contribution is 6.14. The van der Waals surface area contributed by atoms with Crippen LogP contribution in [0.25, 0.3) is 65.8 Å². The van der Waals surface area contributed by atoms with Crippen molar-refractivity contribution in [2.24, 2.45) is 0 Å². The van der Waals surface area contributed by atoms with Crippen LogP contribution in [0.4, 0.5) is 17.1 Å². The molecule has 0 N–H and O–H groups in total. The summed E-state index contributed by atoms with van der Waals surface area (Å²) in [4.78, 5) is 2.42. The van der Waals surface area contributed by atoms with E-state index in [0.29, 0.717) is 0 Å². The van der Waals surface area contributed by atoms with E-state index in [1.165, 1.54) is 27.6 Å². The van der Waals surface area contributed by atoms with Gasteiger partial charge in [0.2, 0.25) is 0 Å². The number of nitrogens with zero attached hydrogens (tertiary/aromatic N) is 1. The fourth-order valence-electron chi connectivity index (χ4n) is 7.86. The van der Waals surface area contributed by atoms with Crippen LogP contribution in [0.1, 0.15) is 25.0 Å². The first kappa shape index (κ1) is 25.5. The van der Waals surface area contributed by atoms with Crippen LogP contribution in [-0.4, -0.2) is 0 Å². The van der Waals surface area contributed by atoms with Gasteiger partial charge in [0.05, 0.1) is 11.4 Å². The molecule has 2 aromatic heterocycles. The largest absolute Gasteiger partial charge is 0.456 e. The molecule has 2 heterocycles. The Balaban J connectivity index is 1.30. The molecule has 0 bridgehead atoms. The van der Waals surface area contributed by atoms with Crippen molar-refractivity contribution in [3.8, 4) is 11.1 Å². The molecule has 0 fully saturated rings. The number of hydrogen-bond donors (Lipinski definition) is 0. The van der Waals surface area contributed by atoms with E-state index in [0.717, 1.165) is 66.3 Å². The normalized spacial score (nSPS) is 13.6. The SMILES string of the molecule is CC1(C)c2ccccc2-c2c(N(c3ccc4c(c3)oc3ccccc34)c3cccc4cc5c(cc34)oc3ccccc35)cccc21. The number of anilines is 3. The third-order valence-corrected chi connectivity index (χ3v) is 10.0. The van der Waals surface area contributed by atoms with Gasteiger partial charge < -0.3 is 13.7 Å². The number of furan rings is 2. The molecule has 0 aliphatic heterocycles. The highest BCUT2D eigenvalue weighted by Crippen LogP contribution is 2.55. The molecule has 0 amide bonds. The second kappa shape index (κ2) is 9.12. The molecule has 9 aromatic rings. The molecular formula is C43H29NO2. The first-order chi connectivity index (χ1) is 22.6. The zero-order valence-corrected chi connectivity index (χ0v) is 25.5.